The average Bonchev–Trinajstić information content (AvgIpc) is 3.54. The molecule has 1 saturated carbocycles. The van der Waals surface area contributed by atoms with Gasteiger partial charge in [0.1, 0.15) is 0 Å². The zero-order valence-corrected chi connectivity index (χ0v) is 18.7. The third-order valence-electron chi connectivity index (χ3n) is 7.18. The molecule has 1 aromatic carbocycles. The number of benzene rings is 1. The number of guanidine groups is 1. The number of aromatic nitrogens is 1. The Morgan fingerprint density at radius 1 is 1.16 bits per heavy atom. The van der Waals surface area contributed by atoms with Gasteiger partial charge in [-0.2, -0.15) is 0 Å². The maximum Gasteiger partial charge on any atom is 0.233 e. The first-order valence-electron chi connectivity index (χ1n) is 11.7. The van der Waals surface area contributed by atoms with E-state index >= 15 is 0 Å². The lowest BCUT2D eigenvalue weighted by Crippen LogP contribution is -2.43. The molecule has 4 atom stereocenters. The molecule has 2 fully saturated rings. The largest absolute Gasteiger partial charge is 0.361 e. The number of aliphatic imine (C=N–C) groups is 1. The van der Waals surface area contributed by atoms with E-state index in [2.05, 4.69) is 59.1 Å². The van der Waals surface area contributed by atoms with Gasteiger partial charge in [-0.25, -0.2) is 0 Å². The molecule has 168 valence electrons. The molecule has 3 aliphatic rings. The van der Waals surface area contributed by atoms with Crippen molar-refractivity contribution in [2.45, 2.75) is 26.7 Å². The topological polar surface area (TPSA) is 89.6 Å². The van der Waals surface area contributed by atoms with Crippen LogP contribution in [0.25, 0.3) is 10.9 Å². The quantitative estimate of drug-likeness (QED) is 0.271. The van der Waals surface area contributed by atoms with Gasteiger partial charge < -0.3 is 15.6 Å². The van der Waals surface area contributed by atoms with Crippen LogP contribution >= 0.6 is 0 Å². The third kappa shape index (κ3) is 3.49. The van der Waals surface area contributed by atoms with Crippen molar-refractivity contribution in [3.63, 3.8) is 0 Å². The molecule has 2 amide bonds. The highest BCUT2D eigenvalue weighted by Gasteiger charge is 2.58. The average molecular weight is 434 g/mol. The highest BCUT2D eigenvalue weighted by Crippen LogP contribution is 2.52. The Hall–Kier alpha value is -3.09. The summed E-state index contributed by atoms with van der Waals surface area (Å²) in [5, 5.41) is 7.82. The van der Waals surface area contributed by atoms with E-state index in [1.165, 1.54) is 21.4 Å². The van der Waals surface area contributed by atoms with Crippen LogP contribution in [0.15, 0.2) is 41.5 Å². The van der Waals surface area contributed by atoms with Gasteiger partial charge >= 0.3 is 0 Å². The second-order valence-electron chi connectivity index (χ2n) is 9.08. The summed E-state index contributed by atoms with van der Waals surface area (Å²) in [6.45, 7) is 6.44. The molecule has 4 unspecified atom stereocenters. The summed E-state index contributed by atoms with van der Waals surface area (Å²) in [4.78, 5) is 35.1. The summed E-state index contributed by atoms with van der Waals surface area (Å²) >= 11 is 0. The zero-order chi connectivity index (χ0) is 22.2. The molecule has 2 heterocycles. The second kappa shape index (κ2) is 8.45. The van der Waals surface area contributed by atoms with Gasteiger partial charge in [0.05, 0.1) is 11.8 Å². The summed E-state index contributed by atoms with van der Waals surface area (Å²) in [5.41, 5.74) is 3.68. The van der Waals surface area contributed by atoms with Crippen molar-refractivity contribution in [1.82, 2.24) is 20.5 Å². The molecule has 2 aromatic rings. The number of nitrogens with zero attached hydrogens (tertiary/aromatic N) is 2. The first-order chi connectivity index (χ1) is 15.6. The number of hydrogen-bond donors (Lipinski definition) is 3. The van der Waals surface area contributed by atoms with Crippen LogP contribution in [0.4, 0.5) is 0 Å². The van der Waals surface area contributed by atoms with Gasteiger partial charge in [0.15, 0.2) is 5.96 Å². The van der Waals surface area contributed by atoms with Crippen LogP contribution in [-0.4, -0.2) is 53.8 Å². The SMILES string of the molecule is CCNC(=NCCc1c[nH]c2cccc(C)c12)NCCN1C(=O)C2C3C=CC(C3)C2C1=O. The molecule has 2 bridgehead atoms. The maximum atomic E-state index is 12.8. The number of H-pyrrole nitrogens is 1. The molecular formula is C25H31N5O2. The molecule has 7 heteroatoms. The highest BCUT2D eigenvalue weighted by molar-refractivity contribution is 6.06. The predicted molar refractivity (Wildman–Crippen MR) is 125 cm³/mol. The molecule has 2 aliphatic carbocycles. The first-order valence-corrected chi connectivity index (χ1v) is 11.7. The zero-order valence-electron chi connectivity index (χ0n) is 18.7. The number of imide groups is 1. The number of amides is 2. The lowest BCUT2D eigenvalue weighted by atomic mass is 9.85. The van der Waals surface area contributed by atoms with Crippen molar-refractivity contribution >= 4 is 28.7 Å². The Morgan fingerprint density at radius 3 is 2.62 bits per heavy atom. The van der Waals surface area contributed by atoms with Crippen LogP contribution < -0.4 is 10.6 Å². The Bertz CT molecular complexity index is 1070. The number of carbonyl (C=O) groups excluding carboxylic acids is 2. The van der Waals surface area contributed by atoms with Crippen LogP contribution in [0.2, 0.25) is 0 Å². The Labute approximate surface area is 188 Å². The van der Waals surface area contributed by atoms with E-state index in [0.29, 0.717) is 25.6 Å². The molecule has 1 saturated heterocycles. The van der Waals surface area contributed by atoms with Crippen LogP contribution in [-0.2, 0) is 16.0 Å². The molecule has 0 radical (unpaired) electrons. The normalized spacial score (nSPS) is 26.4. The van der Waals surface area contributed by atoms with Gasteiger partial charge in [0, 0.05) is 43.3 Å². The summed E-state index contributed by atoms with van der Waals surface area (Å²) in [6.07, 6.45) is 8.13. The predicted octanol–water partition coefficient (Wildman–Crippen LogP) is 2.38. The number of rotatable bonds is 7. The summed E-state index contributed by atoms with van der Waals surface area (Å²) in [7, 11) is 0. The van der Waals surface area contributed by atoms with Crippen molar-refractivity contribution in [3.05, 3.63) is 47.7 Å². The Kier molecular flexibility index (Phi) is 5.49. The summed E-state index contributed by atoms with van der Waals surface area (Å²) in [5.74, 6) is 0.992. The monoisotopic (exact) mass is 433 g/mol. The number of carbonyl (C=O) groups is 2. The molecule has 0 spiro atoms. The van der Waals surface area contributed by atoms with Gasteiger partial charge in [0.25, 0.3) is 0 Å². The smallest absolute Gasteiger partial charge is 0.233 e. The number of hydrogen-bond acceptors (Lipinski definition) is 3. The Morgan fingerprint density at radius 2 is 1.91 bits per heavy atom. The summed E-state index contributed by atoms with van der Waals surface area (Å²) in [6, 6.07) is 6.29. The Balaban J connectivity index is 1.17. The van der Waals surface area contributed by atoms with Crippen LogP contribution in [0, 0.1) is 30.6 Å². The van der Waals surface area contributed by atoms with E-state index in [1.54, 1.807) is 0 Å². The lowest BCUT2D eigenvalue weighted by Gasteiger charge is -2.18. The van der Waals surface area contributed by atoms with E-state index in [9.17, 15) is 9.59 Å². The van der Waals surface area contributed by atoms with E-state index in [4.69, 9.17) is 4.99 Å². The van der Waals surface area contributed by atoms with Gasteiger partial charge in [-0.1, -0.05) is 24.3 Å². The minimum absolute atomic E-state index is 0.00953. The third-order valence-corrected chi connectivity index (χ3v) is 7.18. The fraction of sp³-hybridized carbons (Fsp3) is 0.480. The molecule has 32 heavy (non-hydrogen) atoms. The summed E-state index contributed by atoms with van der Waals surface area (Å²) < 4.78 is 0. The van der Waals surface area contributed by atoms with E-state index in [-0.39, 0.29) is 35.5 Å². The number of aryl methyl sites for hydroxylation is 1. The lowest BCUT2D eigenvalue weighted by molar-refractivity contribution is -0.140. The molecule has 7 nitrogen and oxygen atoms in total. The molecule has 5 rings (SSSR count). The number of fused-ring (bicyclic) bond motifs is 6. The van der Waals surface area contributed by atoms with Crippen molar-refractivity contribution in [1.29, 1.82) is 0 Å². The van der Waals surface area contributed by atoms with E-state index < -0.39 is 0 Å². The minimum atomic E-state index is -0.126. The van der Waals surface area contributed by atoms with Gasteiger partial charge in [-0.15, -0.1) is 0 Å². The van der Waals surface area contributed by atoms with Crippen LogP contribution in [0.1, 0.15) is 24.5 Å². The van der Waals surface area contributed by atoms with Crippen LogP contribution in [0.5, 0.6) is 0 Å². The fourth-order valence-corrected chi connectivity index (χ4v) is 5.75. The van der Waals surface area contributed by atoms with E-state index in [0.717, 1.165) is 24.9 Å². The maximum absolute atomic E-state index is 12.8. The van der Waals surface area contributed by atoms with Crippen molar-refractivity contribution in [2.24, 2.45) is 28.7 Å². The van der Waals surface area contributed by atoms with Gasteiger partial charge in [-0.05, 0) is 55.7 Å². The second-order valence-corrected chi connectivity index (χ2v) is 9.08. The van der Waals surface area contributed by atoms with Crippen LogP contribution in [0.3, 0.4) is 0 Å². The van der Waals surface area contributed by atoms with E-state index in [1.807, 2.05) is 6.92 Å². The van der Waals surface area contributed by atoms with Crippen molar-refractivity contribution in [3.8, 4) is 0 Å². The first kappa shape index (κ1) is 20.8. The number of nitrogens with one attached hydrogen (secondary N) is 3. The number of aromatic amines is 1. The highest BCUT2D eigenvalue weighted by atomic mass is 16.2. The fourth-order valence-electron chi connectivity index (χ4n) is 5.75. The van der Waals surface area contributed by atoms with Gasteiger partial charge in [-0.3, -0.25) is 19.5 Å². The van der Waals surface area contributed by atoms with Crippen molar-refractivity contribution in [2.75, 3.05) is 26.2 Å². The minimum Gasteiger partial charge on any atom is -0.361 e. The van der Waals surface area contributed by atoms with Gasteiger partial charge in [0.2, 0.25) is 11.8 Å². The number of likely N-dealkylation sites (tertiary alicyclic amines) is 1. The molecular weight excluding hydrogens is 402 g/mol. The number of allylic oxidation sites excluding steroid dienone is 2. The standard InChI is InChI=1S/C25H31N5O2/c1-3-26-25(27-10-9-18-14-29-19-6-4-5-15(2)20(18)19)28-11-12-30-23(31)21-16-7-8-17(13-16)22(21)24(30)32/h4-8,14,16-17,21-22,29H,3,9-13H2,1-2H3,(H2,26,27,28). The molecule has 3 N–H and O–H groups in total. The van der Waals surface area contributed by atoms with Crippen molar-refractivity contribution < 1.29 is 9.59 Å². The molecule has 1 aliphatic heterocycles. The molecule has 1 aromatic heterocycles.